The van der Waals surface area contributed by atoms with E-state index >= 15 is 0 Å². The summed E-state index contributed by atoms with van der Waals surface area (Å²) in [6.45, 7) is 15.7. The van der Waals surface area contributed by atoms with E-state index in [1.165, 1.54) is 31.9 Å². The number of allylic oxidation sites excluding steroid dienone is 4. The van der Waals surface area contributed by atoms with Crippen LogP contribution in [-0.2, 0) is 37.9 Å². The summed E-state index contributed by atoms with van der Waals surface area (Å²) >= 11 is 0. The molecule has 0 aromatic rings. The van der Waals surface area contributed by atoms with Gasteiger partial charge in [-0.15, -0.1) is 6.58 Å². The summed E-state index contributed by atoms with van der Waals surface area (Å²) in [5, 5.41) is 107. The van der Waals surface area contributed by atoms with Gasteiger partial charge in [-0.2, -0.15) is 0 Å². The van der Waals surface area contributed by atoms with E-state index < -0.39 is 135 Å². The Kier molecular flexibility index (Phi) is 17.6. The van der Waals surface area contributed by atoms with E-state index in [4.69, 9.17) is 37.9 Å². The van der Waals surface area contributed by atoms with E-state index in [-0.39, 0.29) is 0 Å². The van der Waals surface area contributed by atoms with E-state index in [0.29, 0.717) is 12.8 Å². The molecule has 0 bridgehead atoms. The fourth-order valence-corrected chi connectivity index (χ4v) is 7.14. The highest BCUT2D eigenvalue weighted by Gasteiger charge is 2.54. The molecule has 10 N–H and O–H groups in total. The third-order valence-corrected chi connectivity index (χ3v) is 11.1. The lowest BCUT2D eigenvalue weighted by molar-refractivity contribution is -0.388. The van der Waals surface area contributed by atoms with Crippen molar-refractivity contribution in [3.05, 3.63) is 36.0 Å². The third-order valence-electron chi connectivity index (χ3n) is 11.1. The molecule has 4 aliphatic heterocycles. The van der Waals surface area contributed by atoms with Crippen molar-refractivity contribution in [3.63, 3.8) is 0 Å². The molecule has 4 fully saturated rings. The van der Waals surface area contributed by atoms with Crippen molar-refractivity contribution in [1.82, 2.24) is 0 Å². The minimum absolute atomic E-state index is 0.403. The Morgan fingerprint density at radius 2 is 1.09 bits per heavy atom. The fraction of sp³-hybridized carbons (Fsp3) is 0.846. The number of aliphatic hydroxyl groups is 10. The van der Waals surface area contributed by atoms with Crippen LogP contribution in [0.2, 0.25) is 0 Å². The van der Waals surface area contributed by atoms with Crippen LogP contribution in [-0.4, -0.2) is 186 Å². The monoisotopic (exact) mass is 822 g/mol. The summed E-state index contributed by atoms with van der Waals surface area (Å²) < 4.78 is 47.0. The summed E-state index contributed by atoms with van der Waals surface area (Å²) in [6, 6.07) is 0. The summed E-state index contributed by atoms with van der Waals surface area (Å²) in [4.78, 5) is 0. The van der Waals surface area contributed by atoms with Gasteiger partial charge in [-0.05, 0) is 74.1 Å². The largest absolute Gasteiger partial charge is 0.388 e. The molecule has 4 saturated heterocycles. The van der Waals surface area contributed by atoms with Crippen LogP contribution in [0.15, 0.2) is 36.0 Å². The van der Waals surface area contributed by atoms with Gasteiger partial charge in [0.25, 0.3) is 0 Å². The molecule has 0 spiro atoms. The lowest BCUT2D eigenvalue weighted by Gasteiger charge is -2.49. The highest BCUT2D eigenvalue weighted by molar-refractivity contribution is 5.05. The predicted octanol–water partition coefficient (Wildman–Crippen LogP) is -1.22. The molecule has 57 heavy (non-hydrogen) atoms. The van der Waals surface area contributed by atoms with Crippen LogP contribution in [0.25, 0.3) is 0 Å². The second-order valence-corrected chi connectivity index (χ2v) is 16.2. The lowest BCUT2D eigenvalue weighted by atomic mass is 9.95. The quantitative estimate of drug-likeness (QED) is 0.0817. The van der Waals surface area contributed by atoms with Gasteiger partial charge in [-0.25, -0.2) is 0 Å². The average Bonchev–Trinajstić information content (AvgIpc) is 3.16. The maximum absolute atomic E-state index is 11.5. The Balaban J connectivity index is 1.51. The number of rotatable bonds is 16. The maximum Gasteiger partial charge on any atom is 0.188 e. The number of hydrogen-bond acceptors (Lipinski definition) is 18. The Bertz CT molecular complexity index is 1330. The van der Waals surface area contributed by atoms with Crippen molar-refractivity contribution in [2.75, 3.05) is 6.61 Å². The lowest BCUT2D eigenvalue weighted by Crippen LogP contribution is -2.66. The van der Waals surface area contributed by atoms with E-state index in [2.05, 4.69) is 18.7 Å². The second kappa shape index (κ2) is 20.8. The Hall–Kier alpha value is -1.50. The SMILES string of the molecule is C=C[C@@](C)(CC/C=C(\C)CCC=C(C)C)O[C@@H]1O[C@H](CO[C@@H]2O[C@@H](C)[C@H](O)[C@@H](O)[C@H]2O)[C@@H](O)[C@H](O)[C@H]1O[C@@H]1O[C@@H](C)[C@H](O[C@@H]2O[C@@H](C)[C@H](O)[C@@H](O)[C@H]2O)[C@@H](O)[C@H]1O. The third kappa shape index (κ3) is 11.9. The van der Waals surface area contributed by atoms with Crippen LogP contribution in [0.3, 0.4) is 0 Å². The summed E-state index contributed by atoms with van der Waals surface area (Å²) in [6.07, 6.45) is -21.0. The molecule has 18 heteroatoms. The average molecular weight is 823 g/mol. The van der Waals surface area contributed by atoms with Gasteiger partial charge >= 0.3 is 0 Å². The van der Waals surface area contributed by atoms with Crippen molar-refractivity contribution in [3.8, 4) is 0 Å². The molecule has 21 atom stereocenters. The van der Waals surface area contributed by atoms with Gasteiger partial charge in [0.2, 0.25) is 0 Å². The molecule has 0 aromatic heterocycles. The smallest absolute Gasteiger partial charge is 0.188 e. The Morgan fingerprint density at radius 3 is 1.67 bits per heavy atom. The van der Waals surface area contributed by atoms with Gasteiger partial charge < -0.3 is 89.0 Å². The molecule has 4 heterocycles. The van der Waals surface area contributed by atoms with E-state index in [9.17, 15) is 51.1 Å². The predicted molar refractivity (Wildman–Crippen MR) is 199 cm³/mol. The molecule has 18 nitrogen and oxygen atoms in total. The highest BCUT2D eigenvalue weighted by Crippen LogP contribution is 2.35. The number of aliphatic hydroxyl groups excluding tert-OH is 10. The number of hydrogen-bond donors (Lipinski definition) is 10. The van der Waals surface area contributed by atoms with Gasteiger partial charge in [0.15, 0.2) is 25.2 Å². The van der Waals surface area contributed by atoms with Gasteiger partial charge in [0.05, 0.1) is 30.5 Å². The zero-order chi connectivity index (χ0) is 42.5. The van der Waals surface area contributed by atoms with Gasteiger partial charge in [0, 0.05) is 0 Å². The highest BCUT2D eigenvalue weighted by atomic mass is 16.8. The first kappa shape index (κ1) is 48.2. The first-order valence-electron chi connectivity index (χ1n) is 19.6. The van der Waals surface area contributed by atoms with E-state index in [0.717, 1.165) is 12.8 Å². The van der Waals surface area contributed by atoms with Crippen LogP contribution in [0, 0.1) is 0 Å². The van der Waals surface area contributed by atoms with Crippen LogP contribution >= 0.6 is 0 Å². The van der Waals surface area contributed by atoms with Gasteiger partial charge in [0.1, 0.15) is 79.4 Å². The van der Waals surface area contributed by atoms with Crippen LogP contribution < -0.4 is 0 Å². The van der Waals surface area contributed by atoms with Crippen molar-refractivity contribution >= 4 is 0 Å². The van der Waals surface area contributed by atoms with Gasteiger partial charge in [-0.1, -0.05) is 29.4 Å². The summed E-state index contributed by atoms with van der Waals surface area (Å²) in [5.41, 5.74) is 1.30. The van der Waals surface area contributed by atoms with Crippen molar-refractivity contribution < 1.29 is 89.0 Å². The zero-order valence-corrected chi connectivity index (χ0v) is 33.8. The molecular weight excluding hydrogens is 756 g/mol. The van der Waals surface area contributed by atoms with Crippen LogP contribution in [0.4, 0.5) is 0 Å². The first-order chi connectivity index (χ1) is 26.7. The molecule has 4 aliphatic rings. The van der Waals surface area contributed by atoms with Crippen molar-refractivity contribution in [2.45, 2.75) is 203 Å². The maximum atomic E-state index is 11.5. The molecule has 0 aliphatic carbocycles. The molecule has 0 radical (unpaired) electrons. The molecule has 0 saturated carbocycles. The van der Waals surface area contributed by atoms with Crippen LogP contribution in [0.1, 0.15) is 74.1 Å². The van der Waals surface area contributed by atoms with Gasteiger partial charge in [-0.3, -0.25) is 0 Å². The Morgan fingerprint density at radius 1 is 0.579 bits per heavy atom. The molecule has 0 aromatic carbocycles. The number of ether oxygens (including phenoxy) is 8. The zero-order valence-electron chi connectivity index (χ0n) is 33.8. The molecule has 330 valence electrons. The topological polar surface area (TPSA) is 276 Å². The second-order valence-electron chi connectivity index (χ2n) is 16.2. The van der Waals surface area contributed by atoms with E-state index in [1.807, 2.05) is 20.8 Å². The fourth-order valence-electron chi connectivity index (χ4n) is 7.14. The standard InChI is InChI=1S/C39H66O18/c1-9-39(8,15-11-14-18(4)13-10-12-17(2)3)57-38-34(28(45)25(42)22(54-38)16-50-35-30(47)26(43)23(40)19(5)51-35)56-37-32(49)29(46)33(21(7)53-37)55-36-31(48)27(44)24(41)20(6)52-36/h9,12,14,19-38,40-49H,1,10-11,13,15-16H2,2-8H3/b18-14+/t19-,20-,21-,22+,23-,24-,25+,26+,27+,28-,29-,30+,31+,32+,33-,34+,35+,36-,37-,38-,39-/m0/s1. The molecular formula is C39H66O18. The normalized spacial score (nSPS) is 45.6. The first-order valence-corrected chi connectivity index (χ1v) is 19.6. The van der Waals surface area contributed by atoms with E-state index in [1.54, 1.807) is 13.0 Å². The summed E-state index contributed by atoms with van der Waals surface area (Å²) in [7, 11) is 0. The van der Waals surface area contributed by atoms with Crippen LogP contribution in [0.5, 0.6) is 0 Å². The minimum atomic E-state index is -1.84. The molecule has 4 rings (SSSR count). The van der Waals surface area contributed by atoms with Crippen molar-refractivity contribution in [2.24, 2.45) is 0 Å². The van der Waals surface area contributed by atoms with Crippen molar-refractivity contribution in [1.29, 1.82) is 0 Å². The molecule has 0 amide bonds. The summed E-state index contributed by atoms with van der Waals surface area (Å²) in [5.74, 6) is 0. The molecule has 0 unspecified atom stereocenters. The minimum Gasteiger partial charge on any atom is -0.388 e. The Labute approximate surface area is 333 Å².